The van der Waals surface area contributed by atoms with Crippen LogP contribution in [0.3, 0.4) is 0 Å². The minimum atomic E-state index is -4.29. The summed E-state index contributed by atoms with van der Waals surface area (Å²) in [6, 6.07) is -0.857. The molecule has 5 nitrogen and oxygen atoms in total. The maximum absolute atomic E-state index is 13.0. The lowest BCUT2D eigenvalue weighted by Crippen LogP contribution is -2.50. The monoisotopic (exact) mass is 356 g/mol. The standard InChI is InChI=1S/C14H23F3N2O3S/c1-23(21,22)19-8-6-10(7-9-19)13(20)18-12-5-3-2-4-11(12)14(15,16)17/h10-12H,2-9H2,1H3,(H,18,20). The molecule has 0 aromatic carbocycles. The summed E-state index contributed by atoms with van der Waals surface area (Å²) in [5.74, 6) is -2.26. The number of nitrogens with zero attached hydrogens (tertiary/aromatic N) is 1. The number of amides is 1. The zero-order chi connectivity index (χ0) is 17.3. The third-order valence-electron chi connectivity index (χ3n) is 4.81. The quantitative estimate of drug-likeness (QED) is 0.840. The molecule has 0 spiro atoms. The summed E-state index contributed by atoms with van der Waals surface area (Å²) < 4.78 is 63.3. The number of rotatable bonds is 3. The van der Waals surface area contributed by atoms with E-state index in [2.05, 4.69) is 5.32 Å². The van der Waals surface area contributed by atoms with Crippen LogP contribution in [-0.2, 0) is 14.8 Å². The fourth-order valence-corrected chi connectivity index (χ4v) is 4.32. The lowest BCUT2D eigenvalue weighted by Gasteiger charge is -2.35. The first kappa shape index (κ1) is 18.5. The minimum Gasteiger partial charge on any atom is -0.353 e. The Bertz CT molecular complexity index is 528. The van der Waals surface area contributed by atoms with Crippen LogP contribution < -0.4 is 5.32 Å². The average Bonchev–Trinajstić information content (AvgIpc) is 2.46. The molecule has 1 aliphatic heterocycles. The van der Waals surface area contributed by atoms with E-state index in [9.17, 15) is 26.4 Å². The molecule has 0 radical (unpaired) electrons. The van der Waals surface area contributed by atoms with Gasteiger partial charge < -0.3 is 5.32 Å². The van der Waals surface area contributed by atoms with Gasteiger partial charge in [-0.05, 0) is 25.7 Å². The summed E-state index contributed by atoms with van der Waals surface area (Å²) in [4.78, 5) is 12.2. The Hall–Kier alpha value is -0.830. The van der Waals surface area contributed by atoms with Crippen molar-refractivity contribution in [1.82, 2.24) is 9.62 Å². The first-order valence-corrected chi connectivity index (χ1v) is 9.76. The number of hydrogen-bond acceptors (Lipinski definition) is 3. The Balaban J connectivity index is 1.91. The largest absolute Gasteiger partial charge is 0.393 e. The maximum atomic E-state index is 13.0. The Morgan fingerprint density at radius 3 is 2.17 bits per heavy atom. The fourth-order valence-electron chi connectivity index (χ4n) is 3.45. The zero-order valence-corrected chi connectivity index (χ0v) is 13.9. The number of nitrogens with one attached hydrogen (secondary N) is 1. The summed E-state index contributed by atoms with van der Waals surface area (Å²) >= 11 is 0. The molecule has 9 heteroatoms. The number of halogens is 3. The van der Waals surface area contributed by atoms with E-state index in [1.807, 2.05) is 0 Å². The highest BCUT2D eigenvalue weighted by molar-refractivity contribution is 7.88. The van der Waals surface area contributed by atoms with Crippen LogP contribution in [-0.4, -0.2) is 50.2 Å². The highest BCUT2D eigenvalue weighted by atomic mass is 32.2. The van der Waals surface area contributed by atoms with Crippen LogP contribution in [0.2, 0.25) is 0 Å². The molecule has 2 atom stereocenters. The molecule has 23 heavy (non-hydrogen) atoms. The molecule has 1 heterocycles. The van der Waals surface area contributed by atoms with Crippen LogP contribution in [0.5, 0.6) is 0 Å². The van der Waals surface area contributed by atoms with E-state index in [1.165, 1.54) is 4.31 Å². The molecule has 2 aliphatic rings. The van der Waals surface area contributed by atoms with Crippen LogP contribution in [0.1, 0.15) is 38.5 Å². The Kier molecular flexibility index (Phi) is 5.60. The van der Waals surface area contributed by atoms with E-state index in [4.69, 9.17) is 0 Å². The Labute approximate surface area is 134 Å². The number of carbonyl (C=O) groups excluding carboxylic acids is 1. The number of hydrogen-bond donors (Lipinski definition) is 1. The van der Waals surface area contributed by atoms with Gasteiger partial charge in [0.25, 0.3) is 0 Å². The Morgan fingerprint density at radius 2 is 1.65 bits per heavy atom. The molecular formula is C14H23F3N2O3S. The fraction of sp³-hybridized carbons (Fsp3) is 0.929. The van der Waals surface area contributed by atoms with Crippen molar-refractivity contribution in [2.24, 2.45) is 11.8 Å². The predicted molar refractivity (Wildman–Crippen MR) is 79.1 cm³/mol. The van der Waals surface area contributed by atoms with Gasteiger partial charge in [-0.2, -0.15) is 13.2 Å². The van der Waals surface area contributed by atoms with Gasteiger partial charge >= 0.3 is 6.18 Å². The molecule has 1 N–H and O–H groups in total. The summed E-state index contributed by atoms with van der Waals surface area (Å²) in [6.45, 7) is 0.481. The highest BCUT2D eigenvalue weighted by Gasteiger charge is 2.46. The van der Waals surface area contributed by atoms with Crippen LogP contribution in [0.25, 0.3) is 0 Å². The molecule has 2 unspecified atom stereocenters. The van der Waals surface area contributed by atoms with Crippen molar-refractivity contribution in [3.63, 3.8) is 0 Å². The van der Waals surface area contributed by atoms with Crippen LogP contribution in [0.15, 0.2) is 0 Å². The van der Waals surface area contributed by atoms with Crippen molar-refractivity contribution in [1.29, 1.82) is 0 Å². The van der Waals surface area contributed by atoms with Gasteiger partial charge in [-0.1, -0.05) is 12.8 Å². The molecule has 1 saturated carbocycles. The summed E-state index contributed by atoms with van der Waals surface area (Å²) in [5.41, 5.74) is 0. The SMILES string of the molecule is CS(=O)(=O)N1CCC(C(=O)NC2CCCCC2C(F)(F)F)CC1. The second-order valence-electron chi connectivity index (χ2n) is 6.48. The lowest BCUT2D eigenvalue weighted by molar-refractivity contribution is -0.189. The number of alkyl halides is 3. The molecule has 1 aliphatic carbocycles. The molecule has 1 amide bonds. The van der Waals surface area contributed by atoms with E-state index < -0.39 is 34.1 Å². The third kappa shape index (κ3) is 4.82. The van der Waals surface area contributed by atoms with E-state index in [0.717, 1.165) is 6.26 Å². The second kappa shape index (κ2) is 6.96. The highest BCUT2D eigenvalue weighted by Crippen LogP contribution is 2.38. The Morgan fingerprint density at radius 1 is 1.09 bits per heavy atom. The van der Waals surface area contributed by atoms with Crippen LogP contribution in [0, 0.1) is 11.8 Å². The molecule has 134 valence electrons. The van der Waals surface area contributed by atoms with Gasteiger partial charge in [-0.15, -0.1) is 0 Å². The van der Waals surface area contributed by atoms with Gasteiger partial charge in [0.15, 0.2) is 0 Å². The van der Waals surface area contributed by atoms with Gasteiger partial charge in [0.1, 0.15) is 0 Å². The summed E-state index contributed by atoms with van der Waals surface area (Å²) in [5, 5.41) is 2.57. The normalized spacial score (nSPS) is 28.5. The van der Waals surface area contributed by atoms with E-state index in [-0.39, 0.29) is 25.4 Å². The van der Waals surface area contributed by atoms with Gasteiger partial charge in [-0.3, -0.25) is 4.79 Å². The van der Waals surface area contributed by atoms with Gasteiger partial charge in [0.2, 0.25) is 15.9 Å². The lowest BCUT2D eigenvalue weighted by atomic mass is 9.83. The summed E-state index contributed by atoms with van der Waals surface area (Å²) in [6.07, 6.45) is -0.863. The van der Waals surface area contributed by atoms with E-state index in [1.54, 1.807) is 0 Å². The van der Waals surface area contributed by atoms with Gasteiger partial charge in [0, 0.05) is 25.0 Å². The van der Waals surface area contributed by atoms with E-state index >= 15 is 0 Å². The van der Waals surface area contributed by atoms with Crippen LogP contribution in [0.4, 0.5) is 13.2 Å². The smallest absolute Gasteiger partial charge is 0.353 e. The molecule has 2 fully saturated rings. The molecule has 0 aromatic rings. The minimum absolute atomic E-state index is 0.0565. The van der Waals surface area contributed by atoms with Crippen molar-refractivity contribution in [2.45, 2.75) is 50.7 Å². The van der Waals surface area contributed by atoms with Gasteiger partial charge in [0.05, 0.1) is 12.2 Å². The van der Waals surface area contributed by atoms with Crippen molar-refractivity contribution in [2.75, 3.05) is 19.3 Å². The maximum Gasteiger partial charge on any atom is 0.393 e. The predicted octanol–water partition coefficient (Wildman–Crippen LogP) is 1.90. The van der Waals surface area contributed by atoms with Crippen molar-refractivity contribution < 1.29 is 26.4 Å². The van der Waals surface area contributed by atoms with Crippen molar-refractivity contribution in [3.05, 3.63) is 0 Å². The molecule has 1 saturated heterocycles. The number of piperidine rings is 1. The zero-order valence-electron chi connectivity index (χ0n) is 13.1. The molecule has 0 bridgehead atoms. The van der Waals surface area contributed by atoms with Crippen LogP contribution >= 0.6 is 0 Å². The average molecular weight is 356 g/mol. The number of carbonyl (C=O) groups is 1. The topological polar surface area (TPSA) is 66.5 Å². The number of sulfonamides is 1. The molecular weight excluding hydrogens is 333 g/mol. The molecule has 2 rings (SSSR count). The van der Waals surface area contributed by atoms with E-state index in [0.29, 0.717) is 32.1 Å². The third-order valence-corrected chi connectivity index (χ3v) is 6.11. The summed E-state index contributed by atoms with van der Waals surface area (Å²) in [7, 11) is -3.28. The first-order chi connectivity index (χ1) is 10.6. The van der Waals surface area contributed by atoms with Gasteiger partial charge in [-0.25, -0.2) is 12.7 Å². The van der Waals surface area contributed by atoms with Crippen molar-refractivity contribution >= 4 is 15.9 Å². The first-order valence-electron chi connectivity index (χ1n) is 7.91. The molecule has 0 aromatic heterocycles. The second-order valence-corrected chi connectivity index (χ2v) is 8.47. The van der Waals surface area contributed by atoms with Crippen molar-refractivity contribution in [3.8, 4) is 0 Å².